The van der Waals surface area contributed by atoms with Gasteiger partial charge in [-0.25, -0.2) is 0 Å². The van der Waals surface area contributed by atoms with Gasteiger partial charge in [-0.15, -0.1) is 0 Å². The summed E-state index contributed by atoms with van der Waals surface area (Å²) in [6, 6.07) is 0.602. The first-order valence-electron chi connectivity index (χ1n) is 6.54. The Kier molecular flexibility index (Phi) is 2.44. The molecule has 4 nitrogen and oxygen atoms in total. The molecule has 0 aromatic rings. The number of carbonyl (C=O) groups is 1. The fraction of sp³-hybridized carbons (Fsp3) is 0.917. The number of hydrogen-bond acceptors (Lipinski definition) is 3. The number of nitrogens with one attached hydrogen (secondary N) is 1. The molecule has 1 amide bonds. The van der Waals surface area contributed by atoms with E-state index >= 15 is 0 Å². The van der Waals surface area contributed by atoms with Gasteiger partial charge in [0.2, 0.25) is 5.91 Å². The Hall–Kier alpha value is -0.610. The molecule has 2 saturated heterocycles. The molecule has 0 aromatic heterocycles. The summed E-state index contributed by atoms with van der Waals surface area (Å²) in [5, 5.41) is 3.37. The highest BCUT2D eigenvalue weighted by Crippen LogP contribution is 2.40. The lowest BCUT2D eigenvalue weighted by Crippen LogP contribution is -2.42. The molecular formula is C12H21N3O. The average molecular weight is 223 g/mol. The largest absolute Gasteiger partial charge is 0.327 e. The maximum atomic E-state index is 12.1. The molecule has 1 atom stereocenters. The molecule has 1 N–H and O–H groups in total. The van der Waals surface area contributed by atoms with Crippen LogP contribution in [0.25, 0.3) is 0 Å². The first-order chi connectivity index (χ1) is 7.75. The van der Waals surface area contributed by atoms with E-state index in [0.29, 0.717) is 11.9 Å². The van der Waals surface area contributed by atoms with Crippen molar-refractivity contribution in [3.63, 3.8) is 0 Å². The third-order valence-electron chi connectivity index (χ3n) is 4.39. The summed E-state index contributed by atoms with van der Waals surface area (Å²) < 4.78 is 0. The van der Waals surface area contributed by atoms with Crippen LogP contribution < -0.4 is 5.32 Å². The Labute approximate surface area is 97.0 Å². The Morgan fingerprint density at radius 2 is 2.31 bits per heavy atom. The van der Waals surface area contributed by atoms with E-state index < -0.39 is 0 Å². The summed E-state index contributed by atoms with van der Waals surface area (Å²) in [6.45, 7) is 6.24. The number of likely N-dealkylation sites (N-methyl/N-ethyl adjacent to an activating group) is 1. The zero-order chi connectivity index (χ0) is 11.2. The van der Waals surface area contributed by atoms with Crippen molar-refractivity contribution in [2.75, 3.05) is 26.3 Å². The lowest BCUT2D eigenvalue weighted by atomic mass is 10.2. The molecule has 90 valence electrons. The van der Waals surface area contributed by atoms with Crippen molar-refractivity contribution in [3.05, 3.63) is 0 Å². The van der Waals surface area contributed by atoms with Gasteiger partial charge in [0.1, 0.15) is 0 Å². The maximum absolute atomic E-state index is 12.1. The molecule has 1 aliphatic carbocycles. The molecule has 1 unspecified atom stereocenters. The molecular weight excluding hydrogens is 202 g/mol. The van der Waals surface area contributed by atoms with Gasteiger partial charge in [-0.05, 0) is 38.8 Å². The van der Waals surface area contributed by atoms with Crippen molar-refractivity contribution in [2.45, 2.75) is 44.2 Å². The summed E-state index contributed by atoms with van der Waals surface area (Å²) in [5.74, 6) is 0.357. The summed E-state index contributed by atoms with van der Waals surface area (Å²) in [7, 11) is 0. The summed E-state index contributed by atoms with van der Waals surface area (Å²) in [5.41, 5.74) is -0.115. The van der Waals surface area contributed by atoms with E-state index in [4.69, 9.17) is 0 Å². The molecule has 2 heterocycles. The van der Waals surface area contributed by atoms with Crippen LogP contribution in [0.15, 0.2) is 0 Å². The van der Waals surface area contributed by atoms with Gasteiger partial charge >= 0.3 is 0 Å². The van der Waals surface area contributed by atoms with Gasteiger partial charge in [-0.2, -0.15) is 0 Å². The molecule has 3 aliphatic rings. The molecule has 0 aromatic carbocycles. The van der Waals surface area contributed by atoms with Gasteiger partial charge in [-0.1, -0.05) is 6.92 Å². The Balaban J connectivity index is 1.61. The molecule has 0 radical (unpaired) electrons. The topological polar surface area (TPSA) is 35.6 Å². The van der Waals surface area contributed by atoms with Crippen molar-refractivity contribution < 1.29 is 4.79 Å². The Morgan fingerprint density at radius 3 is 2.94 bits per heavy atom. The fourth-order valence-corrected chi connectivity index (χ4v) is 3.13. The second-order valence-corrected chi connectivity index (χ2v) is 5.37. The first-order valence-corrected chi connectivity index (χ1v) is 6.54. The van der Waals surface area contributed by atoms with Crippen molar-refractivity contribution >= 4 is 5.91 Å². The minimum absolute atomic E-state index is 0.115. The minimum atomic E-state index is -0.115. The molecule has 4 heteroatoms. The molecule has 1 saturated carbocycles. The quantitative estimate of drug-likeness (QED) is 0.752. The monoisotopic (exact) mass is 223 g/mol. The maximum Gasteiger partial charge on any atom is 0.244 e. The standard InChI is InChI=1S/C12H21N3O/c1-2-14-7-3-4-10(14)8-15-9-13-12(5-6-12)11(15)16/h10,13H,2-9H2,1H3. The van der Waals surface area contributed by atoms with E-state index in [1.54, 1.807) is 0 Å². The van der Waals surface area contributed by atoms with E-state index in [9.17, 15) is 4.79 Å². The van der Waals surface area contributed by atoms with Gasteiger partial charge in [0.25, 0.3) is 0 Å². The average Bonchev–Trinajstić information content (AvgIpc) is 2.85. The molecule has 16 heavy (non-hydrogen) atoms. The third-order valence-corrected chi connectivity index (χ3v) is 4.39. The zero-order valence-electron chi connectivity index (χ0n) is 10.0. The molecule has 0 bridgehead atoms. The van der Waals surface area contributed by atoms with Crippen LogP contribution >= 0.6 is 0 Å². The van der Waals surface area contributed by atoms with E-state index in [1.165, 1.54) is 19.4 Å². The van der Waals surface area contributed by atoms with Crippen LogP contribution in [0.3, 0.4) is 0 Å². The number of carbonyl (C=O) groups excluding carboxylic acids is 1. The number of likely N-dealkylation sites (tertiary alicyclic amines) is 1. The van der Waals surface area contributed by atoms with Gasteiger partial charge < -0.3 is 4.90 Å². The zero-order valence-corrected chi connectivity index (χ0v) is 10.0. The Morgan fingerprint density at radius 1 is 1.50 bits per heavy atom. The normalized spacial score (nSPS) is 32.9. The van der Waals surface area contributed by atoms with Crippen molar-refractivity contribution in [1.29, 1.82) is 0 Å². The highest BCUT2D eigenvalue weighted by molar-refractivity contribution is 5.91. The smallest absolute Gasteiger partial charge is 0.244 e. The van der Waals surface area contributed by atoms with Crippen LogP contribution in [0.2, 0.25) is 0 Å². The highest BCUT2D eigenvalue weighted by Gasteiger charge is 2.55. The van der Waals surface area contributed by atoms with E-state index in [0.717, 1.165) is 32.6 Å². The number of nitrogens with zero attached hydrogens (tertiary/aromatic N) is 2. The van der Waals surface area contributed by atoms with Crippen LogP contribution in [0.4, 0.5) is 0 Å². The minimum Gasteiger partial charge on any atom is -0.327 e. The van der Waals surface area contributed by atoms with Crippen molar-refractivity contribution in [3.8, 4) is 0 Å². The van der Waals surface area contributed by atoms with E-state index in [1.807, 2.05) is 4.90 Å². The van der Waals surface area contributed by atoms with Crippen LogP contribution in [0, 0.1) is 0 Å². The summed E-state index contributed by atoms with van der Waals surface area (Å²) >= 11 is 0. The van der Waals surface area contributed by atoms with Crippen LogP contribution in [-0.4, -0.2) is 53.6 Å². The van der Waals surface area contributed by atoms with Gasteiger partial charge in [-0.3, -0.25) is 15.0 Å². The number of hydrogen-bond donors (Lipinski definition) is 1. The van der Waals surface area contributed by atoms with Gasteiger partial charge in [0, 0.05) is 12.6 Å². The van der Waals surface area contributed by atoms with E-state index in [-0.39, 0.29) is 5.54 Å². The summed E-state index contributed by atoms with van der Waals surface area (Å²) in [4.78, 5) is 16.7. The van der Waals surface area contributed by atoms with Crippen LogP contribution in [0.1, 0.15) is 32.6 Å². The van der Waals surface area contributed by atoms with Crippen LogP contribution in [-0.2, 0) is 4.79 Å². The second-order valence-electron chi connectivity index (χ2n) is 5.37. The van der Waals surface area contributed by atoms with Crippen molar-refractivity contribution in [1.82, 2.24) is 15.1 Å². The van der Waals surface area contributed by atoms with E-state index in [2.05, 4.69) is 17.1 Å². The predicted octanol–water partition coefficient (Wildman–Crippen LogP) is 0.393. The molecule has 1 spiro atoms. The predicted molar refractivity (Wildman–Crippen MR) is 61.9 cm³/mol. The first kappa shape index (κ1) is 10.5. The molecule has 3 rings (SSSR count). The Bertz CT molecular complexity index is 301. The van der Waals surface area contributed by atoms with Crippen LogP contribution in [0.5, 0.6) is 0 Å². The molecule has 2 aliphatic heterocycles. The van der Waals surface area contributed by atoms with Gasteiger partial charge in [0.05, 0.1) is 12.2 Å². The fourth-order valence-electron chi connectivity index (χ4n) is 3.13. The molecule has 3 fully saturated rings. The highest BCUT2D eigenvalue weighted by atomic mass is 16.2. The number of rotatable bonds is 3. The second kappa shape index (κ2) is 3.70. The summed E-state index contributed by atoms with van der Waals surface area (Å²) in [6.07, 6.45) is 4.64. The number of amides is 1. The lowest BCUT2D eigenvalue weighted by molar-refractivity contribution is -0.130. The SMILES string of the molecule is CCN1CCCC1CN1CNC2(CC2)C1=O. The van der Waals surface area contributed by atoms with Crippen molar-refractivity contribution in [2.24, 2.45) is 0 Å². The third kappa shape index (κ3) is 1.55. The van der Waals surface area contributed by atoms with Gasteiger partial charge in [0.15, 0.2) is 0 Å². The lowest BCUT2D eigenvalue weighted by Gasteiger charge is -2.27.